The Morgan fingerprint density at radius 1 is 1.35 bits per heavy atom. The molecular weight excluding hydrogens is 260 g/mol. The van der Waals surface area contributed by atoms with E-state index in [2.05, 4.69) is 15.4 Å². The van der Waals surface area contributed by atoms with Crippen LogP contribution in [0.3, 0.4) is 0 Å². The van der Waals surface area contributed by atoms with Gasteiger partial charge in [0, 0.05) is 18.7 Å². The number of aliphatic carboxylic acids is 1. The van der Waals surface area contributed by atoms with E-state index in [1.807, 2.05) is 6.92 Å². The molecule has 1 atom stereocenters. The van der Waals surface area contributed by atoms with Crippen molar-refractivity contribution >= 4 is 22.9 Å². The summed E-state index contributed by atoms with van der Waals surface area (Å²) in [5, 5.41) is 19.3. The molecule has 106 valence electrons. The smallest absolute Gasteiger partial charge is 0.308 e. The van der Waals surface area contributed by atoms with Crippen LogP contribution in [0.1, 0.15) is 24.2 Å². The molecule has 0 aliphatic heterocycles. The van der Waals surface area contributed by atoms with Crippen LogP contribution in [0.4, 0.5) is 0 Å². The van der Waals surface area contributed by atoms with Crippen LogP contribution in [-0.2, 0) is 4.79 Å². The molecule has 2 rings (SSSR count). The summed E-state index contributed by atoms with van der Waals surface area (Å²) in [7, 11) is 0. The number of benzene rings is 1. The number of hydrogen-bond donors (Lipinski definition) is 2. The summed E-state index contributed by atoms with van der Waals surface area (Å²) in [6.45, 7) is 4.04. The molecule has 1 unspecified atom stereocenters. The standard InChI is InChI=1S/C13H16N4O3/c1-3-17(7-8(2)13(19)20)12(18)9-4-5-10-11(6-9)15-16-14-10/h4-6,8H,3,7H2,1-2H3,(H,19,20)(H,14,15,16). The van der Waals surface area contributed by atoms with Crippen molar-refractivity contribution in [2.24, 2.45) is 5.92 Å². The highest BCUT2D eigenvalue weighted by Crippen LogP contribution is 2.13. The van der Waals surface area contributed by atoms with Crippen LogP contribution >= 0.6 is 0 Å². The number of hydrogen-bond acceptors (Lipinski definition) is 4. The van der Waals surface area contributed by atoms with Crippen molar-refractivity contribution in [1.29, 1.82) is 0 Å². The van der Waals surface area contributed by atoms with E-state index >= 15 is 0 Å². The number of carbonyl (C=O) groups is 2. The van der Waals surface area contributed by atoms with Crippen LogP contribution in [-0.4, -0.2) is 50.4 Å². The first-order valence-electron chi connectivity index (χ1n) is 6.35. The van der Waals surface area contributed by atoms with E-state index in [4.69, 9.17) is 5.11 Å². The summed E-state index contributed by atoms with van der Waals surface area (Å²) in [6, 6.07) is 5.02. The van der Waals surface area contributed by atoms with Crippen LogP contribution < -0.4 is 0 Å². The predicted octanol–water partition coefficient (Wildman–Crippen LogP) is 1.14. The van der Waals surface area contributed by atoms with Crippen LogP contribution in [0, 0.1) is 5.92 Å². The van der Waals surface area contributed by atoms with E-state index in [-0.39, 0.29) is 12.5 Å². The molecule has 2 aromatic rings. The topological polar surface area (TPSA) is 99.2 Å². The van der Waals surface area contributed by atoms with E-state index < -0.39 is 11.9 Å². The van der Waals surface area contributed by atoms with Gasteiger partial charge in [0.2, 0.25) is 0 Å². The van der Waals surface area contributed by atoms with Crippen LogP contribution in [0.2, 0.25) is 0 Å². The number of carbonyl (C=O) groups excluding carboxylic acids is 1. The lowest BCUT2D eigenvalue weighted by Gasteiger charge is -2.22. The Labute approximate surface area is 115 Å². The summed E-state index contributed by atoms with van der Waals surface area (Å²) in [5.41, 5.74) is 1.77. The third-order valence-corrected chi connectivity index (χ3v) is 3.15. The number of nitrogens with zero attached hydrogens (tertiary/aromatic N) is 3. The maximum Gasteiger partial charge on any atom is 0.308 e. The third-order valence-electron chi connectivity index (χ3n) is 3.15. The number of aromatic amines is 1. The number of amides is 1. The van der Waals surface area contributed by atoms with Crippen molar-refractivity contribution in [2.75, 3.05) is 13.1 Å². The molecule has 20 heavy (non-hydrogen) atoms. The lowest BCUT2D eigenvalue weighted by atomic mass is 10.1. The monoisotopic (exact) mass is 276 g/mol. The maximum absolute atomic E-state index is 12.4. The highest BCUT2D eigenvalue weighted by molar-refractivity contribution is 5.97. The molecule has 0 spiro atoms. The molecule has 0 saturated heterocycles. The predicted molar refractivity (Wildman–Crippen MR) is 72.3 cm³/mol. The lowest BCUT2D eigenvalue weighted by molar-refractivity contribution is -0.141. The fraction of sp³-hybridized carbons (Fsp3) is 0.385. The van der Waals surface area contributed by atoms with Crippen molar-refractivity contribution in [3.63, 3.8) is 0 Å². The molecule has 0 saturated carbocycles. The lowest BCUT2D eigenvalue weighted by Crippen LogP contribution is -2.36. The summed E-state index contributed by atoms with van der Waals surface area (Å²) in [4.78, 5) is 24.8. The summed E-state index contributed by atoms with van der Waals surface area (Å²) in [6.07, 6.45) is 0. The van der Waals surface area contributed by atoms with E-state index in [0.717, 1.165) is 0 Å². The molecule has 0 radical (unpaired) electrons. The molecule has 1 heterocycles. The van der Waals surface area contributed by atoms with Gasteiger partial charge in [-0.25, -0.2) is 0 Å². The highest BCUT2D eigenvalue weighted by Gasteiger charge is 2.20. The zero-order valence-electron chi connectivity index (χ0n) is 11.3. The number of fused-ring (bicyclic) bond motifs is 1. The van der Waals surface area contributed by atoms with Gasteiger partial charge in [0.25, 0.3) is 5.91 Å². The van der Waals surface area contributed by atoms with Crippen molar-refractivity contribution in [3.8, 4) is 0 Å². The van der Waals surface area contributed by atoms with Gasteiger partial charge in [-0.2, -0.15) is 15.4 Å². The normalized spacial score (nSPS) is 12.3. The molecule has 2 N–H and O–H groups in total. The van der Waals surface area contributed by atoms with Crippen LogP contribution in [0.15, 0.2) is 18.2 Å². The Balaban J connectivity index is 2.20. The summed E-state index contributed by atoms with van der Waals surface area (Å²) >= 11 is 0. The highest BCUT2D eigenvalue weighted by atomic mass is 16.4. The van der Waals surface area contributed by atoms with E-state index in [1.165, 1.54) is 4.90 Å². The molecule has 1 amide bonds. The summed E-state index contributed by atoms with van der Waals surface area (Å²) in [5.74, 6) is -1.72. The van der Waals surface area contributed by atoms with Gasteiger partial charge in [0.05, 0.1) is 5.92 Å². The number of rotatable bonds is 5. The Hall–Kier alpha value is -2.44. The molecular formula is C13H16N4O3. The van der Waals surface area contributed by atoms with E-state index in [9.17, 15) is 9.59 Å². The second kappa shape index (κ2) is 5.68. The van der Waals surface area contributed by atoms with Gasteiger partial charge in [-0.1, -0.05) is 6.92 Å². The second-order valence-electron chi connectivity index (χ2n) is 4.61. The number of H-pyrrole nitrogens is 1. The molecule has 0 bridgehead atoms. The SMILES string of the molecule is CCN(CC(C)C(=O)O)C(=O)c1ccc2n[nH]nc2c1. The fourth-order valence-corrected chi connectivity index (χ4v) is 1.92. The fourth-order valence-electron chi connectivity index (χ4n) is 1.92. The van der Waals surface area contributed by atoms with Gasteiger partial charge in [-0.15, -0.1) is 0 Å². The van der Waals surface area contributed by atoms with Gasteiger partial charge in [0.1, 0.15) is 11.0 Å². The number of carboxylic acid groups (broad SMARTS) is 1. The maximum atomic E-state index is 12.4. The molecule has 0 aliphatic carbocycles. The average molecular weight is 276 g/mol. The van der Waals surface area contributed by atoms with Gasteiger partial charge in [0.15, 0.2) is 0 Å². The minimum Gasteiger partial charge on any atom is -0.481 e. The zero-order chi connectivity index (χ0) is 14.7. The Bertz CT molecular complexity index is 637. The van der Waals surface area contributed by atoms with E-state index in [0.29, 0.717) is 23.1 Å². The Morgan fingerprint density at radius 3 is 2.70 bits per heavy atom. The third kappa shape index (κ3) is 2.76. The van der Waals surface area contributed by atoms with Gasteiger partial charge in [-0.3, -0.25) is 9.59 Å². The molecule has 1 aromatic carbocycles. The first-order chi connectivity index (χ1) is 9.52. The minimum atomic E-state index is -0.914. The molecule has 0 aliphatic rings. The first-order valence-corrected chi connectivity index (χ1v) is 6.35. The largest absolute Gasteiger partial charge is 0.481 e. The minimum absolute atomic E-state index is 0.182. The zero-order valence-corrected chi connectivity index (χ0v) is 11.3. The van der Waals surface area contributed by atoms with E-state index in [1.54, 1.807) is 25.1 Å². The van der Waals surface area contributed by atoms with Gasteiger partial charge < -0.3 is 10.0 Å². The second-order valence-corrected chi connectivity index (χ2v) is 4.61. The van der Waals surface area contributed by atoms with Gasteiger partial charge >= 0.3 is 5.97 Å². The molecule has 1 aromatic heterocycles. The van der Waals surface area contributed by atoms with Crippen molar-refractivity contribution < 1.29 is 14.7 Å². The number of carboxylic acids is 1. The van der Waals surface area contributed by atoms with Crippen molar-refractivity contribution in [1.82, 2.24) is 20.3 Å². The number of aromatic nitrogens is 3. The van der Waals surface area contributed by atoms with Crippen LogP contribution in [0.25, 0.3) is 11.0 Å². The average Bonchev–Trinajstić information content (AvgIpc) is 2.90. The molecule has 7 heteroatoms. The first kappa shape index (κ1) is 14.0. The number of nitrogens with one attached hydrogen (secondary N) is 1. The van der Waals surface area contributed by atoms with Crippen molar-refractivity contribution in [3.05, 3.63) is 23.8 Å². The quantitative estimate of drug-likeness (QED) is 0.853. The Morgan fingerprint density at radius 2 is 2.05 bits per heavy atom. The Kier molecular flexibility index (Phi) is 3.97. The summed E-state index contributed by atoms with van der Waals surface area (Å²) < 4.78 is 0. The molecule has 7 nitrogen and oxygen atoms in total. The van der Waals surface area contributed by atoms with Crippen LogP contribution in [0.5, 0.6) is 0 Å². The van der Waals surface area contributed by atoms with Crippen molar-refractivity contribution in [2.45, 2.75) is 13.8 Å². The van der Waals surface area contributed by atoms with Gasteiger partial charge in [-0.05, 0) is 25.1 Å². The molecule has 0 fully saturated rings.